The van der Waals surface area contributed by atoms with E-state index < -0.39 is 47.5 Å². The molecule has 5 heterocycles. The minimum atomic E-state index is -2.04. The van der Waals surface area contributed by atoms with Gasteiger partial charge in [0.25, 0.3) is 11.8 Å². The zero-order valence-electron chi connectivity index (χ0n) is 28.1. The summed E-state index contributed by atoms with van der Waals surface area (Å²) in [6.07, 6.45) is 7.50. The fourth-order valence-electron chi connectivity index (χ4n) is 8.27. The SMILES string of the molecule is CN1C[C@H](C(=O)N[C@]2(C)O[C@@]3(O)[C@@H]4CCCN4C(=O)[C@H](Cc4ccccc4)N3C2=O)C=C2c3cccc4[nH]cc(c34)C[C@H]21.O=C(O)/C=C\C(=O)O. The molecule has 14 heteroatoms. The summed E-state index contributed by atoms with van der Waals surface area (Å²) in [6.45, 7) is 2.45. The molecule has 51 heavy (non-hydrogen) atoms. The fraction of sp³-hybridized carbons (Fsp3) is 0.378. The van der Waals surface area contributed by atoms with E-state index in [1.165, 1.54) is 22.8 Å². The molecular formula is C37H39N5O9. The van der Waals surface area contributed by atoms with Gasteiger partial charge in [0.2, 0.25) is 17.5 Å². The molecule has 0 radical (unpaired) electrons. The zero-order valence-corrected chi connectivity index (χ0v) is 28.1. The molecule has 14 nitrogen and oxygen atoms in total. The number of aliphatic hydroxyl groups is 1. The number of carbonyl (C=O) groups is 5. The van der Waals surface area contributed by atoms with Crippen LogP contribution in [0.5, 0.6) is 0 Å². The first-order valence-corrected chi connectivity index (χ1v) is 16.9. The molecule has 0 saturated carbocycles. The first-order valence-electron chi connectivity index (χ1n) is 16.9. The molecule has 5 aliphatic rings. The maximum Gasteiger partial charge on any atom is 0.328 e. The first kappa shape index (κ1) is 34.2. The van der Waals surface area contributed by atoms with Gasteiger partial charge in [-0.3, -0.25) is 28.9 Å². The third kappa shape index (κ3) is 5.88. The van der Waals surface area contributed by atoms with E-state index >= 15 is 0 Å². The predicted molar refractivity (Wildman–Crippen MR) is 182 cm³/mol. The van der Waals surface area contributed by atoms with Gasteiger partial charge in [-0.1, -0.05) is 48.5 Å². The van der Waals surface area contributed by atoms with E-state index in [-0.39, 0.29) is 24.3 Å². The molecular weight excluding hydrogens is 658 g/mol. The van der Waals surface area contributed by atoms with Gasteiger partial charge in [-0.2, -0.15) is 0 Å². The number of fused-ring (bicyclic) bond motifs is 5. The lowest BCUT2D eigenvalue weighted by molar-refractivity contribution is -0.315. The van der Waals surface area contributed by atoms with Crippen LogP contribution in [0.1, 0.15) is 36.5 Å². The Kier molecular flexibility index (Phi) is 8.56. The topological polar surface area (TPSA) is 193 Å². The number of aromatic amines is 1. The van der Waals surface area contributed by atoms with Crippen LogP contribution in [0.25, 0.3) is 16.5 Å². The van der Waals surface area contributed by atoms with Crippen molar-refractivity contribution >= 4 is 46.1 Å². The van der Waals surface area contributed by atoms with Crippen molar-refractivity contribution in [3.8, 4) is 0 Å². The number of amides is 3. The molecule has 0 spiro atoms. The number of H-pyrrole nitrogens is 1. The second-order valence-electron chi connectivity index (χ2n) is 13.8. The van der Waals surface area contributed by atoms with Crippen molar-refractivity contribution in [3.63, 3.8) is 0 Å². The number of carboxylic acid groups (broad SMARTS) is 2. The highest BCUT2D eigenvalue weighted by molar-refractivity contribution is 6.01. The summed E-state index contributed by atoms with van der Waals surface area (Å²) < 4.78 is 6.23. The lowest BCUT2D eigenvalue weighted by Crippen LogP contribution is -2.71. The maximum absolute atomic E-state index is 14.2. The molecule has 0 unspecified atom stereocenters. The molecule has 6 atom stereocenters. The number of aromatic nitrogens is 1. The highest BCUT2D eigenvalue weighted by Gasteiger charge is 2.70. The van der Waals surface area contributed by atoms with Crippen LogP contribution in [-0.4, -0.2) is 115 Å². The van der Waals surface area contributed by atoms with Crippen LogP contribution in [0.2, 0.25) is 0 Å². The van der Waals surface area contributed by atoms with E-state index in [1.807, 2.05) is 49.5 Å². The minimum Gasteiger partial charge on any atom is -0.478 e. The summed E-state index contributed by atoms with van der Waals surface area (Å²) in [6, 6.07) is 14.1. The quantitative estimate of drug-likeness (QED) is 0.237. The average Bonchev–Trinajstić information content (AvgIpc) is 3.81. The van der Waals surface area contributed by atoms with Crippen molar-refractivity contribution in [3.05, 3.63) is 89.6 Å². The maximum atomic E-state index is 14.2. The second kappa shape index (κ2) is 12.8. The lowest BCUT2D eigenvalue weighted by atomic mass is 9.79. The van der Waals surface area contributed by atoms with Crippen molar-refractivity contribution in [2.75, 3.05) is 20.1 Å². The fourth-order valence-corrected chi connectivity index (χ4v) is 8.27. The Morgan fingerprint density at radius 1 is 1.06 bits per heavy atom. The number of benzene rings is 2. The molecule has 266 valence electrons. The smallest absolute Gasteiger partial charge is 0.328 e. The van der Waals surface area contributed by atoms with Crippen molar-refractivity contribution < 1.29 is 44.0 Å². The van der Waals surface area contributed by atoms with Crippen LogP contribution in [0.15, 0.2) is 73.0 Å². The van der Waals surface area contributed by atoms with Crippen LogP contribution in [0.3, 0.4) is 0 Å². The largest absolute Gasteiger partial charge is 0.478 e. The second-order valence-corrected chi connectivity index (χ2v) is 13.8. The number of hydrogen-bond donors (Lipinski definition) is 5. The summed E-state index contributed by atoms with van der Waals surface area (Å²) in [5, 5.41) is 31.7. The van der Waals surface area contributed by atoms with Gasteiger partial charge in [0.15, 0.2) is 0 Å². The molecule has 5 N–H and O–H groups in total. The molecule has 0 bridgehead atoms. The third-order valence-corrected chi connectivity index (χ3v) is 10.5. The number of nitrogens with one attached hydrogen (secondary N) is 2. The Hall–Kier alpha value is -5.31. The Balaban J connectivity index is 0.000000457. The van der Waals surface area contributed by atoms with E-state index in [1.54, 1.807) is 4.90 Å². The molecule has 2 aromatic carbocycles. The van der Waals surface area contributed by atoms with Gasteiger partial charge in [-0.25, -0.2) is 9.59 Å². The zero-order chi connectivity index (χ0) is 36.2. The van der Waals surface area contributed by atoms with Crippen molar-refractivity contribution in [1.82, 2.24) is 25.0 Å². The average molecular weight is 698 g/mol. The van der Waals surface area contributed by atoms with Gasteiger partial charge in [-0.15, -0.1) is 0 Å². The van der Waals surface area contributed by atoms with Gasteiger partial charge < -0.3 is 30.5 Å². The Labute approximate surface area is 293 Å². The number of rotatable bonds is 6. The van der Waals surface area contributed by atoms with Gasteiger partial charge in [0.1, 0.15) is 12.1 Å². The standard InChI is InChI=1S/C33H35N5O5.C4H4O4/c1-32(35-29(39)21-15-23-22-10-6-11-24-28(22)20(17-34-24)16-25(23)36(2)18-21)31(41)38-26(14-19-8-4-3-5-9-19)30(40)37-13-7-12-27(37)33(38,42)43-32;5-3(6)1-2-4(7)8/h3-6,8-11,15,17,21,25-27,34,42H,7,12-14,16,18H2,1-2H3,(H,35,39);1-2H,(H,5,6)(H,7,8)/b;2-1-/t21-,25-,26+,27+,32-,33+;/m1./s1. The van der Waals surface area contributed by atoms with Crippen LogP contribution < -0.4 is 5.32 Å². The Morgan fingerprint density at radius 2 is 1.78 bits per heavy atom. The van der Waals surface area contributed by atoms with Crippen LogP contribution in [0.4, 0.5) is 0 Å². The number of carboxylic acids is 2. The van der Waals surface area contributed by atoms with E-state index in [9.17, 15) is 29.1 Å². The number of ether oxygens (including phenoxy) is 1. The molecule has 1 aliphatic carbocycles. The molecule has 4 aliphatic heterocycles. The molecule has 1 aromatic heterocycles. The van der Waals surface area contributed by atoms with Crippen molar-refractivity contribution in [1.29, 1.82) is 0 Å². The predicted octanol–water partition coefficient (Wildman–Crippen LogP) is 1.70. The van der Waals surface area contributed by atoms with E-state index in [0.717, 1.165) is 28.6 Å². The summed E-state index contributed by atoms with van der Waals surface area (Å²) in [7, 11) is 2.02. The number of likely N-dealkylation sites (N-methyl/N-ethyl adjacent to an activating group) is 1. The highest BCUT2D eigenvalue weighted by Crippen LogP contribution is 2.46. The van der Waals surface area contributed by atoms with Gasteiger partial charge in [0, 0.05) is 54.8 Å². The van der Waals surface area contributed by atoms with Crippen LogP contribution in [-0.2, 0) is 41.6 Å². The van der Waals surface area contributed by atoms with Crippen LogP contribution >= 0.6 is 0 Å². The normalized spacial score (nSPS) is 29.6. The monoisotopic (exact) mass is 697 g/mol. The minimum absolute atomic E-state index is 0.144. The molecule has 8 rings (SSSR count). The number of aliphatic carboxylic acids is 2. The molecule has 3 aromatic rings. The highest BCUT2D eigenvalue weighted by atomic mass is 16.7. The number of piperazine rings is 1. The number of nitrogens with zero attached hydrogens (tertiary/aromatic N) is 3. The molecule has 3 amide bonds. The van der Waals surface area contributed by atoms with Crippen molar-refractivity contribution in [2.24, 2.45) is 5.92 Å². The van der Waals surface area contributed by atoms with Gasteiger partial charge in [0.05, 0.1) is 5.92 Å². The molecule has 3 fully saturated rings. The summed E-state index contributed by atoms with van der Waals surface area (Å²) in [4.78, 5) is 69.3. The number of hydrogen-bond acceptors (Lipinski definition) is 8. The van der Waals surface area contributed by atoms with E-state index in [0.29, 0.717) is 38.1 Å². The van der Waals surface area contributed by atoms with Gasteiger partial charge in [-0.05, 0) is 61.6 Å². The van der Waals surface area contributed by atoms with Crippen LogP contribution in [0, 0.1) is 5.92 Å². The van der Waals surface area contributed by atoms with Gasteiger partial charge >= 0.3 is 11.9 Å². The first-order chi connectivity index (χ1) is 24.3. The summed E-state index contributed by atoms with van der Waals surface area (Å²) in [5.41, 5.74) is 3.58. The summed E-state index contributed by atoms with van der Waals surface area (Å²) in [5.74, 6) is -6.28. The van der Waals surface area contributed by atoms with E-state index in [2.05, 4.69) is 33.5 Å². The van der Waals surface area contributed by atoms with Crippen molar-refractivity contribution in [2.45, 2.75) is 62.4 Å². The summed E-state index contributed by atoms with van der Waals surface area (Å²) >= 11 is 0. The third-order valence-electron chi connectivity index (χ3n) is 10.5. The Bertz CT molecular complexity index is 1980. The number of carbonyl (C=O) groups excluding carboxylic acids is 3. The van der Waals surface area contributed by atoms with E-state index in [4.69, 9.17) is 14.9 Å². The molecule has 3 saturated heterocycles. The lowest BCUT2D eigenvalue weighted by Gasteiger charge is -2.48. The Morgan fingerprint density at radius 3 is 2.49 bits per heavy atom.